The second kappa shape index (κ2) is 6.35. The van der Waals surface area contributed by atoms with Crippen molar-refractivity contribution in [2.75, 3.05) is 20.2 Å². The maximum Gasteiger partial charge on any atom is 0.358 e. The van der Waals surface area contributed by atoms with Crippen LogP contribution in [0.5, 0.6) is 0 Å². The van der Waals surface area contributed by atoms with Crippen molar-refractivity contribution in [3.05, 3.63) is 23.0 Å². The number of allylic oxidation sites excluding steroid dienone is 1. The number of nitrogens with one attached hydrogen (secondary N) is 1. The SMILES string of the molecule is CCOC(=O)c1cc(C(CNC)=C(C)C)n(C)n1. The smallest absolute Gasteiger partial charge is 0.358 e. The summed E-state index contributed by atoms with van der Waals surface area (Å²) < 4.78 is 6.66. The maximum atomic E-state index is 11.6. The van der Waals surface area contributed by atoms with Crippen LogP contribution in [0.2, 0.25) is 0 Å². The molecular formula is C13H21N3O2. The number of carbonyl (C=O) groups excluding carboxylic acids is 1. The number of nitrogens with zero attached hydrogens (tertiary/aromatic N) is 2. The minimum absolute atomic E-state index is 0.351. The van der Waals surface area contributed by atoms with Crippen LogP contribution in [0.25, 0.3) is 5.57 Å². The van der Waals surface area contributed by atoms with Gasteiger partial charge >= 0.3 is 5.97 Å². The van der Waals surface area contributed by atoms with Crippen molar-refractivity contribution in [2.24, 2.45) is 7.05 Å². The van der Waals surface area contributed by atoms with Gasteiger partial charge in [-0.15, -0.1) is 0 Å². The molecule has 0 spiro atoms. The first-order chi connectivity index (χ1) is 8.51. The zero-order chi connectivity index (χ0) is 13.7. The molecule has 5 heteroatoms. The van der Waals surface area contributed by atoms with Gasteiger partial charge in [0.15, 0.2) is 5.69 Å². The van der Waals surface area contributed by atoms with E-state index < -0.39 is 0 Å². The van der Waals surface area contributed by atoms with Crippen LogP contribution in [0, 0.1) is 0 Å². The Balaban J connectivity index is 3.11. The van der Waals surface area contributed by atoms with Gasteiger partial charge in [0.25, 0.3) is 0 Å². The van der Waals surface area contributed by atoms with E-state index in [0.717, 1.165) is 17.8 Å². The highest BCUT2D eigenvalue weighted by Gasteiger charge is 2.16. The molecule has 1 N–H and O–H groups in total. The summed E-state index contributed by atoms with van der Waals surface area (Å²) in [6, 6.07) is 1.78. The van der Waals surface area contributed by atoms with E-state index in [-0.39, 0.29) is 5.97 Å². The van der Waals surface area contributed by atoms with Crippen molar-refractivity contribution in [3.63, 3.8) is 0 Å². The molecule has 0 aliphatic rings. The Labute approximate surface area is 108 Å². The Morgan fingerprint density at radius 1 is 1.50 bits per heavy atom. The fourth-order valence-corrected chi connectivity index (χ4v) is 1.75. The lowest BCUT2D eigenvalue weighted by atomic mass is 10.1. The van der Waals surface area contributed by atoms with Crippen LogP contribution < -0.4 is 5.32 Å². The third kappa shape index (κ3) is 3.20. The number of hydrogen-bond acceptors (Lipinski definition) is 4. The van der Waals surface area contributed by atoms with Gasteiger partial charge in [-0.05, 0) is 39.5 Å². The highest BCUT2D eigenvalue weighted by molar-refractivity contribution is 5.88. The molecule has 0 aliphatic carbocycles. The number of hydrogen-bond donors (Lipinski definition) is 1. The molecular weight excluding hydrogens is 230 g/mol. The van der Waals surface area contributed by atoms with Gasteiger partial charge in [-0.1, -0.05) is 5.57 Å². The predicted molar refractivity (Wildman–Crippen MR) is 71.4 cm³/mol. The summed E-state index contributed by atoms with van der Waals surface area (Å²) in [6.07, 6.45) is 0. The monoisotopic (exact) mass is 251 g/mol. The summed E-state index contributed by atoms with van der Waals surface area (Å²) in [5.74, 6) is -0.378. The van der Waals surface area contributed by atoms with Crippen molar-refractivity contribution >= 4 is 11.5 Å². The normalized spacial score (nSPS) is 10.3. The molecule has 0 bridgehead atoms. The quantitative estimate of drug-likeness (QED) is 0.808. The zero-order valence-corrected chi connectivity index (χ0v) is 11.7. The number of rotatable bonds is 5. The second-order valence-electron chi connectivity index (χ2n) is 4.27. The number of carbonyl (C=O) groups is 1. The van der Waals surface area contributed by atoms with Crippen molar-refractivity contribution in [1.82, 2.24) is 15.1 Å². The number of aryl methyl sites for hydroxylation is 1. The highest BCUT2D eigenvalue weighted by atomic mass is 16.5. The molecule has 100 valence electrons. The molecule has 0 unspecified atom stereocenters. The molecule has 0 aliphatic heterocycles. The molecule has 0 fully saturated rings. The van der Waals surface area contributed by atoms with Crippen molar-refractivity contribution < 1.29 is 9.53 Å². The van der Waals surface area contributed by atoms with Gasteiger partial charge < -0.3 is 10.1 Å². The van der Waals surface area contributed by atoms with Crippen LogP contribution in [0.15, 0.2) is 11.6 Å². The average molecular weight is 251 g/mol. The first-order valence-electron chi connectivity index (χ1n) is 6.03. The van der Waals surface area contributed by atoms with Crippen LogP contribution in [0.1, 0.15) is 37.0 Å². The van der Waals surface area contributed by atoms with Crippen molar-refractivity contribution in [3.8, 4) is 0 Å². The van der Waals surface area contributed by atoms with E-state index in [4.69, 9.17) is 4.74 Å². The fourth-order valence-electron chi connectivity index (χ4n) is 1.75. The third-order valence-electron chi connectivity index (χ3n) is 2.63. The lowest BCUT2D eigenvalue weighted by Gasteiger charge is -2.09. The van der Waals surface area contributed by atoms with E-state index in [9.17, 15) is 4.79 Å². The lowest BCUT2D eigenvalue weighted by molar-refractivity contribution is 0.0518. The average Bonchev–Trinajstić information content (AvgIpc) is 2.68. The number of ether oxygens (including phenoxy) is 1. The zero-order valence-electron chi connectivity index (χ0n) is 11.7. The van der Waals surface area contributed by atoms with Crippen LogP contribution >= 0.6 is 0 Å². The van der Waals surface area contributed by atoms with Crippen LogP contribution in [0.4, 0.5) is 0 Å². The van der Waals surface area contributed by atoms with E-state index >= 15 is 0 Å². The Kier molecular flexibility index (Phi) is 5.09. The molecule has 1 aromatic rings. The Hall–Kier alpha value is -1.62. The van der Waals surface area contributed by atoms with Gasteiger partial charge in [0.05, 0.1) is 12.3 Å². The summed E-state index contributed by atoms with van der Waals surface area (Å²) in [5.41, 5.74) is 3.63. The molecule has 1 aromatic heterocycles. The minimum atomic E-state index is -0.378. The van der Waals surface area contributed by atoms with Crippen LogP contribution in [-0.2, 0) is 11.8 Å². The molecule has 0 aromatic carbocycles. The topological polar surface area (TPSA) is 56.1 Å². The molecule has 0 atom stereocenters. The van der Waals surface area contributed by atoms with E-state index in [1.54, 1.807) is 17.7 Å². The first-order valence-corrected chi connectivity index (χ1v) is 6.03. The summed E-state index contributed by atoms with van der Waals surface area (Å²) in [5, 5.41) is 7.32. The van der Waals surface area contributed by atoms with Gasteiger partial charge in [-0.25, -0.2) is 4.79 Å². The Bertz CT molecular complexity index is 457. The van der Waals surface area contributed by atoms with E-state index in [0.29, 0.717) is 12.3 Å². The highest BCUT2D eigenvalue weighted by Crippen LogP contribution is 2.19. The first kappa shape index (κ1) is 14.4. The van der Waals surface area contributed by atoms with Crippen LogP contribution in [0.3, 0.4) is 0 Å². The number of esters is 1. The molecule has 0 radical (unpaired) electrons. The summed E-state index contributed by atoms with van der Waals surface area (Å²) in [6.45, 7) is 6.97. The van der Waals surface area contributed by atoms with Crippen LogP contribution in [-0.4, -0.2) is 35.9 Å². The molecule has 1 rings (SSSR count). The van der Waals surface area contributed by atoms with Gasteiger partial charge in [0, 0.05) is 13.6 Å². The van der Waals surface area contributed by atoms with Crippen molar-refractivity contribution in [1.29, 1.82) is 0 Å². The number of likely N-dealkylation sites (N-methyl/N-ethyl adjacent to an activating group) is 1. The van der Waals surface area contributed by atoms with Gasteiger partial charge in [-0.2, -0.15) is 5.10 Å². The summed E-state index contributed by atoms with van der Waals surface area (Å²) in [4.78, 5) is 11.6. The van der Waals surface area contributed by atoms with Gasteiger partial charge in [0.1, 0.15) is 0 Å². The Morgan fingerprint density at radius 2 is 2.17 bits per heavy atom. The van der Waals surface area contributed by atoms with Gasteiger partial charge in [0.2, 0.25) is 0 Å². The van der Waals surface area contributed by atoms with Gasteiger partial charge in [-0.3, -0.25) is 4.68 Å². The predicted octanol–water partition coefficient (Wildman–Crippen LogP) is 1.61. The largest absolute Gasteiger partial charge is 0.461 e. The standard InChI is InChI=1S/C13H21N3O2/c1-6-18-13(17)11-7-12(16(5)15-11)10(8-14-4)9(2)3/h7,14H,6,8H2,1-5H3. The second-order valence-corrected chi connectivity index (χ2v) is 4.27. The molecule has 0 saturated carbocycles. The lowest BCUT2D eigenvalue weighted by Crippen LogP contribution is -2.13. The summed E-state index contributed by atoms with van der Waals surface area (Å²) >= 11 is 0. The maximum absolute atomic E-state index is 11.6. The minimum Gasteiger partial charge on any atom is -0.461 e. The molecule has 0 saturated heterocycles. The van der Waals surface area contributed by atoms with E-state index in [1.165, 1.54) is 5.57 Å². The fraction of sp³-hybridized carbons (Fsp3) is 0.538. The molecule has 5 nitrogen and oxygen atoms in total. The number of aromatic nitrogens is 2. The molecule has 1 heterocycles. The Morgan fingerprint density at radius 3 is 2.67 bits per heavy atom. The van der Waals surface area contributed by atoms with E-state index in [2.05, 4.69) is 10.4 Å². The third-order valence-corrected chi connectivity index (χ3v) is 2.63. The molecule has 0 amide bonds. The summed E-state index contributed by atoms with van der Waals surface area (Å²) in [7, 11) is 3.72. The molecule has 18 heavy (non-hydrogen) atoms. The van der Waals surface area contributed by atoms with Crippen molar-refractivity contribution in [2.45, 2.75) is 20.8 Å². The van der Waals surface area contributed by atoms with E-state index in [1.807, 2.05) is 27.9 Å².